The van der Waals surface area contributed by atoms with Crippen molar-refractivity contribution in [3.63, 3.8) is 0 Å². The summed E-state index contributed by atoms with van der Waals surface area (Å²) in [6, 6.07) is 4.18. The van der Waals surface area contributed by atoms with Gasteiger partial charge in [-0.1, -0.05) is 18.9 Å². The van der Waals surface area contributed by atoms with E-state index in [0.717, 1.165) is 24.0 Å². The quantitative estimate of drug-likeness (QED) is 0.245. The molecule has 0 bridgehead atoms. The van der Waals surface area contributed by atoms with Crippen LogP contribution < -0.4 is 10.6 Å². The molecule has 1 aliphatic carbocycles. The zero-order valence-electron chi connectivity index (χ0n) is 27.7. The topological polar surface area (TPSA) is 79.9 Å². The number of alkyl halides is 3. The van der Waals surface area contributed by atoms with E-state index in [1.165, 1.54) is 19.1 Å². The summed E-state index contributed by atoms with van der Waals surface area (Å²) in [5, 5.41) is 6.28. The SMILES string of the molecule is CC(=O)NC(CCCCB1OC(C)(C)C(C)(C)O1)(C(=O)NC(C)(C)C)C1CCN(C2CCc3cc(C(F)(F)F)ccc32)CC1. The van der Waals surface area contributed by atoms with E-state index in [-0.39, 0.29) is 30.9 Å². The molecule has 2 atom stereocenters. The third-order valence-electron chi connectivity index (χ3n) is 10.0. The minimum absolute atomic E-state index is 0.0618. The summed E-state index contributed by atoms with van der Waals surface area (Å²) in [5.41, 5.74) is -1.22. The van der Waals surface area contributed by atoms with Crippen LogP contribution in [0.5, 0.6) is 0 Å². The zero-order valence-corrected chi connectivity index (χ0v) is 27.7. The van der Waals surface area contributed by atoms with Gasteiger partial charge in [-0.15, -0.1) is 0 Å². The van der Waals surface area contributed by atoms with Crippen molar-refractivity contribution in [3.8, 4) is 0 Å². The van der Waals surface area contributed by atoms with Gasteiger partial charge in [0.15, 0.2) is 0 Å². The Bertz CT molecular complexity index is 1190. The molecule has 2 fully saturated rings. The number of aryl methyl sites for hydroxylation is 1. The first kappa shape index (κ1) is 34.8. The number of unbranched alkanes of at least 4 members (excludes halogenated alkanes) is 1. The molecule has 0 radical (unpaired) electrons. The second kappa shape index (κ2) is 12.6. The molecule has 11 heteroatoms. The van der Waals surface area contributed by atoms with Crippen LogP contribution in [0.25, 0.3) is 0 Å². The fourth-order valence-corrected chi connectivity index (χ4v) is 7.14. The van der Waals surface area contributed by atoms with Crippen molar-refractivity contribution in [2.75, 3.05) is 13.1 Å². The van der Waals surface area contributed by atoms with Gasteiger partial charge < -0.3 is 19.9 Å². The van der Waals surface area contributed by atoms with Crippen molar-refractivity contribution < 1.29 is 32.1 Å². The summed E-state index contributed by atoms with van der Waals surface area (Å²) in [6.07, 6.45) is 1.11. The molecule has 7 nitrogen and oxygen atoms in total. The van der Waals surface area contributed by atoms with Crippen LogP contribution in [-0.4, -0.2) is 59.2 Å². The number of piperidine rings is 1. The third kappa shape index (κ3) is 7.64. The monoisotopic (exact) mass is 621 g/mol. The molecule has 2 amide bonds. The van der Waals surface area contributed by atoms with Gasteiger partial charge >= 0.3 is 13.3 Å². The number of hydrogen-bond acceptors (Lipinski definition) is 5. The number of amides is 2. The molecule has 0 spiro atoms. The van der Waals surface area contributed by atoms with Crippen LogP contribution in [-0.2, 0) is 31.5 Å². The van der Waals surface area contributed by atoms with Gasteiger partial charge in [-0.25, -0.2) is 0 Å². The number of hydrogen-bond donors (Lipinski definition) is 2. The zero-order chi connectivity index (χ0) is 32.7. The number of carbonyl (C=O) groups is 2. The van der Waals surface area contributed by atoms with Crippen LogP contribution in [0, 0.1) is 5.92 Å². The van der Waals surface area contributed by atoms with Gasteiger partial charge in [-0.05, 0) is 129 Å². The number of fused-ring (bicyclic) bond motifs is 1. The summed E-state index contributed by atoms with van der Waals surface area (Å²) < 4.78 is 52.2. The summed E-state index contributed by atoms with van der Waals surface area (Å²) in [4.78, 5) is 29.1. The maximum absolute atomic E-state index is 14.1. The van der Waals surface area contributed by atoms with Gasteiger partial charge in [-0.2, -0.15) is 13.2 Å². The number of nitrogens with one attached hydrogen (secondary N) is 2. The van der Waals surface area contributed by atoms with Crippen molar-refractivity contribution in [3.05, 3.63) is 34.9 Å². The molecule has 44 heavy (non-hydrogen) atoms. The second-order valence-electron chi connectivity index (χ2n) is 15.1. The molecule has 2 heterocycles. The number of likely N-dealkylation sites (tertiary alicyclic amines) is 1. The van der Waals surface area contributed by atoms with Gasteiger partial charge in [0.05, 0.1) is 16.8 Å². The number of rotatable bonds is 9. The predicted octanol–water partition coefficient (Wildman–Crippen LogP) is 6.46. The van der Waals surface area contributed by atoms with Gasteiger partial charge in [0.2, 0.25) is 11.8 Å². The molecule has 2 saturated heterocycles. The fourth-order valence-electron chi connectivity index (χ4n) is 7.14. The van der Waals surface area contributed by atoms with Crippen LogP contribution in [0.2, 0.25) is 6.32 Å². The van der Waals surface area contributed by atoms with Crippen LogP contribution in [0.3, 0.4) is 0 Å². The van der Waals surface area contributed by atoms with E-state index in [9.17, 15) is 22.8 Å². The highest BCUT2D eigenvalue weighted by Gasteiger charge is 2.51. The van der Waals surface area contributed by atoms with Gasteiger partial charge in [0, 0.05) is 18.5 Å². The molecule has 246 valence electrons. The minimum atomic E-state index is -4.35. The molecule has 2 aliphatic heterocycles. The van der Waals surface area contributed by atoms with Crippen LogP contribution in [0.1, 0.15) is 117 Å². The summed E-state index contributed by atoms with van der Waals surface area (Å²) >= 11 is 0. The van der Waals surface area contributed by atoms with Gasteiger partial charge in [0.25, 0.3) is 0 Å². The highest BCUT2D eigenvalue weighted by atomic mass is 19.4. The standard InChI is InChI=1S/C33H51BF3N3O4/c1-22(41)38-32(28(42)39-29(2,3)4,17-9-10-18-34-43-30(5,6)31(7,8)44-34)24-15-19-40(20-16-24)27-14-11-23-21-25(33(35,36)37)12-13-26(23)27/h12-13,21,24,27H,9-11,14-20H2,1-8H3,(H,38,41)(H,39,42). The first-order valence-corrected chi connectivity index (χ1v) is 16.2. The van der Waals surface area contributed by atoms with E-state index >= 15 is 0 Å². The molecule has 1 aromatic carbocycles. The van der Waals surface area contributed by atoms with Crippen molar-refractivity contribution in [2.24, 2.45) is 5.92 Å². The minimum Gasteiger partial charge on any atom is -0.403 e. The van der Waals surface area contributed by atoms with Crippen molar-refractivity contribution in [2.45, 2.75) is 141 Å². The highest BCUT2D eigenvalue weighted by molar-refractivity contribution is 6.45. The smallest absolute Gasteiger partial charge is 0.403 e. The molecular formula is C33H51BF3N3O4. The molecule has 2 unspecified atom stereocenters. The number of carbonyl (C=O) groups excluding carboxylic acids is 2. The second-order valence-corrected chi connectivity index (χ2v) is 15.1. The molecule has 3 aliphatic rings. The van der Waals surface area contributed by atoms with Gasteiger partial charge in [-0.3, -0.25) is 14.5 Å². The molecule has 2 N–H and O–H groups in total. The molecule has 4 rings (SSSR count). The maximum Gasteiger partial charge on any atom is 0.457 e. The Morgan fingerprint density at radius 3 is 2.14 bits per heavy atom. The van der Waals surface area contributed by atoms with Crippen molar-refractivity contribution in [1.29, 1.82) is 0 Å². The summed E-state index contributed by atoms with van der Waals surface area (Å²) in [6.45, 7) is 16.8. The lowest BCUT2D eigenvalue weighted by Crippen LogP contribution is -2.66. The molecular weight excluding hydrogens is 570 g/mol. The first-order valence-electron chi connectivity index (χ1n) is 16.2. The van der Waals surface area contributed by atoms with Gasteiger partial charge in [0.1, 0.15) is 5.54 Å². The van der Waals surface area contributed by atoms with Crippen molar-refractivity contribution >= 4 is 18.9 Å². The van der Waals surface area contributed by atoms with Crippen LogP contribution in [0.15, 0.2) is 18.2 Å². The van der Waals surface area contributed by atoms with Crippen LogP contribution >= 0.6 is 0 Å². The maximum atomic E-state index is 14.1. The van der Waals surface area contributed by atoms with Crippen LogP contribution in [0.4, 0.5) is 13.2 Å². The molecule has 0 aromatic heterocycles. The number of benzene rings is 1. The van der Waals surface area contributed by atoms with Crippen molar-refractivity contribution in [1.82, 2.24) is 15.5 Å². The Balaban J connectivity index is 1.47. The highest BCUT2D eigenvalue weighted by Crippen LogP contribution is 2.43. The third-order valence-corrected chi connectivity index (χ3v) is 10.0. The number of halogens is 3. The molecule has 0 saturated carbocycles. The van der Waals surface area contributed by atoms with E-state index in [2.05, 4.69) is 15.5 Å². The average molecular weight is 622 g/mol. The Morgan fingerprint density at radius 2 is 1.59 bits per heavy atom. The lowest BCUT2D eigenvalue weighted by atomic mass is 9.72. The largest absolute Gasteiger partial charge is 0.457 e. The first-order chi connectivity index (χ1) is 20.2. The Labute approximate surface area is 261 Å². The fraction of sp³-hybridized carbons (Fsp3) is 0.758. The van der Waals surface area contributed by atoms with E-state index in [4.69, 9.17) is 9.31 Å². The van der Waals surface area contributed by atoms with E-state index in [0.29, 0.717) is 51.5 Å². The lowest BCUT2D eigenvalue weighted by Gasteiger charge is -2.46. The predicted molar refractivity (Wildman–Crippen MR) is 166 cm³/mol. The van der Waals surface area contributed by atoms with E-state index < -0.39 is 34.0 Å². The molecule has 1 aromatic rings. The lowest BCUT2D eigenvalue weighted by molar-refractivity contribution is -0.138. The Kier molecular flexibility index (Phi) is 9.95. The number of nitrogens with zero attached hydrogens (tertiary/aromatic N) is 1. The summed E-state index contributed by atoms with van der Waals surface area (Å²) in [5.74, 6) is -0.497. The average Bonchev–Trinajstić information content (AvgIpc) is 3.40. The summed E-state index contributed by atoms with van der Waals surface area (Å²) in [7, 11) is -0.316. The van der Waals surface area contributed by atoms with E-state index in [1.54, 1.807) is 6.07 Å². The Hall–Kier alpha value is -2.11. The Morgan fingerprint density at radius 1 is 0.977 bits per heavy atom. The van der Waals surface area contributed by atoms with E-state index in [1.807, 2.05) is 48.5 Å². The normalized spacial score (nSPS) is 23.7.